The maximum absolute atomic E-state index is 13.3. The summed E-state index contributed by atoms with van der Waals surface area (Å²) in [6.07, 6.45) is -3.43. The molecule has 1 aromatic rings. The molecule has 2 N–H and O–H groups in total. The molecule has 0 bridgehead atoms. The van der Waals surface area contributed by atoms with E-state index in [0.717, 1.165) is 24.2 Å². The summed E-state index contributed by atoms with van der Waals surface area (Å²) in [4.78, 5) is 13.6. The molecule has 9 heteroatoms. The highest BCUT2D eigenvalue weighted by molar-refractivity contribution is 7.10. The summed E-state index contributed by atoms with van der Waals surface area (Å²) >= 11 is 0.720. The Kier molecular flexibility index (Phi) is 4.63. The average Bonchev–Trinajstić information content (AvgIpc) is 3.28. The van der Waals surface area contributed by atoms with E-state index < -0.39 is 23.3 Å². The van der Waals surface area contributed by atoms with Crippen molar-refractivity contribution in [2.24, 2.45) is 11.8 Å². The van der Waals surface area contributed by atoms with E-state index in [2.05, 4.69) is 10.6 Å². The molecule has 144 valence electrons. The van der Waals surface area contributed by atoms with Crippen LogP contribution in [0.3, 0.4) is 0 Å². The Morgan fingerprint density at radius 2 is 2.12 bits per heavy atom. The van der Waals surface area contributed by atoms with Gasteiger partial charge in [-0.3, -0.25) is 4.79 Å². The second kappa shape index (κ2) is 6.67. The number of anilines is 1. The van der Waals surface area contributed by atoms with Crippen LogP contribution in [0.2, 0.25) is 0 Å². The van der Waals surface area contributed by atoms with Crippen molar-refractivity contribution in [3.8, 4) is 0 Å². The van der Waals surface area contributed by atoms with Gasteiger partial charge in [-0.25, -0.2) is 4.39 Å². The van der Waals surface area contributed by atoms with E-state index in [1.807, 2.05) is 0 Å². The van der Waals surface area contributed by atoms with Crippen LogP contribution in [0, 0.1) is 11.8 Å². The van der Waals surface area contributed by atoms with Gasteiger partial charge < -0.3 is 15.5 Å². The van der Waals surface area contributed by atoms with Gasteiger partial charge in [0.2, 0.25) is 5.91 Å². The first kappa shape index (κ1) is 18.0. The molecular weight excluding hydrogens is 370 g/mol. The van der Waals surface area contributed by atoms with E-state index in [9.17, 15) is 22.4 Å². The van der Waals surface area contributed by atoms with E-state index in [0.29, 0.717) is 13.1 Å². The van der Waals surface area contributed by atoms with Crippen molar-refractivity contribution < 1.29 is 22.4 Å². The molecule has 3 fully saturated rings. The summed E-state index contributed by atoms with van der Waals surface area (Å²) in [6.45, 7) is 1.30. The maximum Gasteiger partial charge on any atom is 0.427 e. The third kappa shape index (κ3) is 3.31. The Morgan fingerprint density at radius 3 is 2.81 bits per heavy atom. The molecule has 0 radical (unpaired) electrons. The number of halogens is 4. The monoisotopic (exact) mass is 391 g/mol. The molecular formula is C17H21F4N3OS. The van der Waals surface area contributed by atoms with E-state index in [1.54, 1.807) is 4.90 Å². The Hall–Kier alpha value is -1.35. The van der Waals surface area contributed by atoms with Gasteiger partial charge in [-0.15, -0.1) is 11.3 Å². The Bertz CT molecular complexity index is 679. The van der Waals surface area contributed by atoms with E-state index in [4.69, 9.17) is 0 Å². The fourth-order valence-electron chi connectivity index (χ4n) is 4.58. The zero-order valence-corrected chi connectivity index (χ0v) is 14.9. The quantitative estimate of drug-likeness (QED) is 0.779. The van der Waals surface area contributed by atoms with Crippen molar-refractivity contribution in [3.63, 3.8) is 0 Å². The molecule has 0 unspecified atom stereocenters. The summed E-state index contributed by atoms with van der Waals surface area (Å²) in [6, 6.07) is 0.979. The molecule has 4 rings (SSSR count). The number of fused-ring (bicyclic) bond motifs is 1. The van der Waals surface area contributed by atoms with Crippen LogP contribution >= 0.6 is 11.3 Å². The minimum Gasteiger partial charge on any atom is -0.370 e. The van der Waals surface area contributed by atoms with Crippen molar-refractivity contribution in [3.05, 3.63) is 16.3 Å². The summed E-state index contributed by atoms with van der Waals surface area (Å²) in [5, 5.41) is 7.36. The van der Waals surface area contributed by atoms with Crippen LogP contribution < -0.4 is 15.5 Å². The Labute approximate surface area is 152 Å². The summed E-state index contributed by atoms with van der Waals surface area (Å²) in [5.74, 6) is 0.231. The number of hydrogen-bond acceptors (Lipinski definition) is 4. The van der Waals surface area contributed by atoms with Crippen LogP contribution in [0.25, 0.3) is 0 Å². The van der Waals surface area contributed by atoms with E-state index in [1.165, 1.54) is 11.4 Å². The molecule has 5 atom stereocenters. The number of hydrogen-bond donors (Lipinski definition) is 2. The predicted molar refractivity (Wildman–Crippen MR) is 91.0 cm³/mol. The van der Waals surface area contributed by atoms with Crippen molar-refractivity contribution in [2.45, 2.75) is 43.7 Å². The number of carbonyl (C=O) groups is 1. The summed E-state index contributed by atoms with van der Waals surface area (Å²) < 4.78 is 52.8. The lowest BCUT2D eigenvalue weighted by atomic mass is 9.97. The fraction of sp³-hybridized carbons (Fsp3) is 0.706. The van der Waals surface area contributed by atoms with Crippen LogP contribution in [-0.4, -0.2) is 43.8 Å². The first-order valence-corrected chi connectivity index (χ1v) is 9.78. The zero-order chi connectivity index (χ0) is 18.5. The number of rotatable bonds is 3. The van der Waals surface area contributed by atoms with Crippen molar-refractivity contribution in [2.75, 3.05) is 24.5 Å². The minimum absolute atomic E-state index is 0.0501. The van der Waals surface area contributed by atoms with Crippen LogP contribution in [0.15, 0.2) is 11.4 Å². The van der Waals surface area contributed by atoms with Crippen LogP contribution in [0.1, 0.15) is 24.1 Å². The van der Waals surface area contributed by atoms with Crippen molar-refractivity contribution >= 4 is 22.9 Å². The van der Waals surface area contributed by atoms with Crippen molar-refractivity contribution in [1.82, 2.24) is 10.6 Å². The van der Waals surface area contributed by atoms with Gasteiger partial charge in [-0.2, -0.15) is 13.2 Å². The highest BCUT2D eigenvalue weighted by atomic mass is 32.1. The molecule has 0 aromatic carbocycles. The smallest absolute Gasteiger partial charge is 0.370 e. The van der Waals surface area contributed by atoms with Crippen LogP contribution in [-0.2, 0) is 11.0 Å². The second-order valence-electron chi connectivity index (χ2n) is 7.45. The Morgan fingerprint density at radius 1 is 1.31 bits per heavy atom. The summed E-state index contributed by atoms with van der Waals surface area (Å²) in [7, 11) is 0. The number of nitrogens with one attached hydrogen (secondary N) is 2. The first-order valence-electron chi connectivity index (χ1n) is 8.90. The Balaban J connectivity index is 1.41. The predicted octanol–water partition coefficient (Wildman–Crippen LogP) is 2.80. The van der Waals surface area contributed by atoms with Crippen LogP contribution in [0.4, 0.5) is 23.2 Å². The van der Waals surface area contributed by atoms with Gasteiger partial charge in [-0.05, 0) is 30.2 Å². The molecule has 1 aliphatic carbocycles. The number of carbonyl (C=O) groups excluding carboxylic acids is 1. The molecule has 2 aliphatic heterocycles. The topological polar surface area (TPSA) is 44.4 Å². The third-order valence-electron chi connectivity index (χ3n) is 5.82. The third-order valence-corrected chi connectivity index (χ3v) is 6.77. The molecule has 3 aliphatic rings. The standard InChI is InChI=1S/C17H21F4N3OS/c18-10-5-13(22-6-10)16(25)23-12-2-1-9-7-24(8-11(9)12)14-3-4-26-15(14)17(19,20)21/h3-4,9-13,22H,1-2,5-8H2,(H,23,25)/t9-,10+,11+,12+,13+/m1/s1. The molecule has 3 heterocycles. The lowest BCUT2D eigenvalue weighted by Gasteiger charge is -2.24. The normalized spacial score (nSPS) is 34.3. The van der Waals surface area contributed by atoms with Crippen molar-refractivity contribution in [1.29, 1.82) is 0 Å². The van der Waals surface area contributed by atoms with Crippen LogP contribution in [0.5, 0.6) is 0 Å². The van der Waals surface area contributed by atoms with Gasteiger partial charge in [-0.1, -0.05) is 0 Å². The van der Waals surface area contributed by atoms with Gasteiger partial charge in [0, 0.05) is 38.0 Å². The largest absolute Gasteiger partial charge is 0.427 e. The zero-order valence-electron chi connectivity index (χ0n) is 14.1. The lowest BCUT2D eigenvalue weighted by Crippen LogP contribution is -2.47. The first-order chi connectivity index (χ1) is 12.3. The lowest BCUT2D eigenvalue weighted by molar-refractivity contribution is -0.133. The number of nitrogens with zero attached hydrogens (tertiary/aromatic N) is 1. The average molecular weight is 391 g/mol. The molecule has 4 nitrogen and oxygen atoms in total. The van der Waals surface area contributed by atoms with E-state index in [-0.39, 0.29) is 42.4 Å². The molecule has 1 saturated carbocycles. The maximum atomic E-state index is 13.3. The second-order valence-corrected chi connectivity index (χ2v) is 8.36. The van der Waals surface area contributed by atoms with E-state index >= 15 is 0 Å². The fourth-order valence-corrected chi connectivity index (χ4v) is 5.37. The minimum atomic E-state index is -4.34. The van der Waals surface area contributed by atoms with Gasteiger partial charge in [0.05, 0.1) is 11.7 Å². The SMILES string of the molecule is O=C(N[C@H]1CC[C@@H]2CN(c3ccsc3C(F)(F)F)C[C@@H]21)[C@@H]1C[C@H](F)CN1. The highest BCUT2D eigenvalue weighted by Gasteiger charge is 2.46. The molecule has 0 spiro atoms. The number of thiophene rings is 1. The number of alkyl halides is 4. The van der Waals surface area contributed by atoms with Gasteiger partial charge >= 0.3 is 6.18 Å². The molecule has 2 saturated heterocycles. The highest BCUT2D eigenvalue weighted by Crippen LogP contribution is 2.45. The van der Waals surface area contributed by atoms with Gasteiger partial charge in [0.25, 0.3) is 0 Å². The summed E-state index contributed by atoms with van der Waals surface area (Å²) in [5.41, 5.74) is 0.250. The number of amides is 1. The van der Waals surface area contributed by atoms with Gasteiger partial charge in [0.15, 0.2) is 0 Å². The molecule has 1 amide bonds. The molecule has 26 heavy (non-hydrogen) atoms. The molecule has 1 aromatic heterocycles. The van der Waals surface area contributed by atoms with Gasteiger partial charge in [0.1, 0.15) is 11.0 Å².